The van der Waals surface area contributed by atoms with E-state index in [4.69, 9.17) is 0 Å². The predicted octanol–water partition coefficient (Wildman–Crippen LogP) is 2.91. The zero-order valence-electron chi connectivity index (χ0n) is 15.2. The number of hydrogen-bond acceptors (Lipinski definition) is 3. The van der Waals surface area contributed by atoms with E-state index < -0.39 is 0 Å². The Balaban J connectivity index is 1.80. The molecule has 124 valence electrons. The number of nitrogens with zero attached hydrogens (tertiary/aromatic N) is 3. The molecule has 2 fully saturated rings. The molecule has 0 aromatic rings. The average molecular weight is 296 g/mol. The van der Waals surface area contributed by atoms with Gasteiger partial charge in [0.05, 0.1) is 0 Å². The van der Waals surface area contributed by atoms with E-state index in [-0.39, 0.29) is 0 Å². The summed E-state index contributed by atoms with van der Waals surface area (Å²) in [6.45, 7) is 20.6. The van der Waals surface area contributed by atoms with E-state index in [1.165, 1.54) is 45.6 Å². The molecule has 2 heterocycles. The molecule has 0 spiro atoms. The van der Waals surface area contributed by atoms with Gasteiger partial charge in [-0.15, -0.1) is 0 Å². The maximum absolute atomic E-state index is 2.74. The quantitative estimate of drug-likeness (QED) is 0.789. The Morgan fingerprint density at radius 1 is 0.857 bits per heavy atom. The maximum atomic E-state index is 2.74. The molecule has 3 nitrogen and oxygen atoms in total. The van der Waals surface area contributed by atoms with Gasteiger partial charge in [-0.2, -0.15) is 0 Å². The first-order chi connectivity index (χ1) is 9.88. The summed E-state index contributed by atoms with van der Waals surface area (Å²) in [5.41, 5.74) is 0. The fraction of sp³-hybridized carbons (Fsp3) is 1.00. The standard InChI is InChI=1S/C18H37N3/c1-14(2)20-9-7-18(8-10-20)13-19-11-16(5)21(15(3)4)17(6)12-19/h14-18H,7-13H2,1-6H3. The molecule has 2 rings (SSSR count). The van der Waals surface area contributed by atoms with Crippen LogP contribution in [0.3, 0.4) is 0 Å². The van der Waals surface area contributed by atoms with Gasteiger partial charge in [0.25, 0.3) is 0 Å². The lowest BCUT2D eigenvalue weighted by Gasteiger charge is -2.48. The zero-order valence-corrected chi connectivity index (χ0v) is 15.2. The van der Waals surface area contributed by atoms with Gasteiger partial charge in [0.1, 0.15) is 0 Å². The summed E-state index contributed by atoms with van der Waals surface area (Å²) in [5, 5.41) is 0. The van der Waals surface area contributed by atoms with E-state index >= 15 is 0 Å². The highest BCUT2D eigenvalue weighted by molar-refractivity contribution is 4.88. The van der Waals surface area contributed by atoms with Crippen LogP contribution < -0.4 is 0 Å². The van der Waals surface area contributed by atoms with Gasteiger partial charge >= 0.3 is 0 Å². The molecule has 0 aliphatic carbocycles. The predicted molar refractivity (Wildman–Crippen MR) is 91.8 cm³/mol. The molecule has 0 bridgehead atoms. The Labute approximate surface area is 132 Å². The number of hydrogen-bond donors (Lipinski definition) is 0. The van der Waals surface area contributed by atoms with Crippen molar-refractivity contribution in [3.8, 4) is 0 Å². The third-order valence-electron chi connectivity index (χ3n) is 5.55. The summed E-state index contributed by atoms with van der Waals surface area (Å²) < 4.78 is 0. The Bertz CT molecular complexity index is 296. The van der Waals surface area contributed by atoms with Gasteiger partial charge in [0.15, 0.2) is 0 Å². The van der Waals surface area contributed by atoms with Crippen LogP contribution in [0.2, 0.25) is 0 Å². The van der Waals surface area contributed by atoms with Crippen LogP contribution >= 0.6 is 0 Å². The van der Waals surface area contributed by atoms with Crippen molar-refractivity contribution >= 4 is 0 Å². The van der Waals surface area contributed by atoms with Crippen LogP contribution in [0.15, 0.2) is 0 Å². The molecule has 0 aromatic heterocycles. The molecule has 2 atom stereocenters. The SMILES string of the molecule is CC(C)N1CCC(CN2CC(C)N(C(C)C)C(C)C2)CC1. The highest BCUT2D eigenvalue weighted by atomic mass is 15.3. The van der Waals surface area contributed by atoms with Crippen molar-refractivity contribution in [2.24, 2.45) is 5.92 Å². The number of piperidine rings is 1. The van der Waals surface area contributed by atoms with Crippen LogP contribution in [0.1, 0.15) is 54.4 Å². The molecule has 0 saturated carbocycles. The minimum Gasteiger partial charge on any atom is -0.301 e. The summed E-state index contributed by atoms with van der Waals surface area (Å²) in [6.07, 6.45) is 2.79. The molecular weight excluding hydrogens is 258 g/mol. The second-order valence-corrected chi connectivity index (χ2v) is 8.03. The topological polar surface area (TPSA) is 9.72 Å². The Kier molecular flexibility index (Phi) is 6.10. The Morgan fingerprint density at radius 2 is 1.38 bits per heavy atom. The van der Waals surface area contributed by atoms with Crippen LogP contribution in [-0.2, 0) is 0 Å². The summed E-state index contributed by atoms with van der Waals surface area (Å²) >= 11 is 0. The first kappa shape index (κ1) is 17.2. The van der Waals surface area contributed by atoms with Gasteiger partial charge in [-0.05, 0) is 73.4 Å². The van der Waals surface area contributed by atoms with Crippen molar-refractivity contribution in [2.75, 3.05) is 32.7 Å². The van der Waals surface area contributed by atoms with Gasteiger partial charge in [-0.1, -0.05) is 0 Å². The molecule has 0 radical (unpaired) electrons. The van der Waals surface area contributed by atoms with Crippen molar-refractivity contribution < 1.29 is 0 Å². The van der Waals surface area contributed by atoms with E-state index in [0.717, 1.165) is 12.0 Å². The minimum absolute atomic E-state index is 0.673. The molecule has 2 aliphatic heterocycles. The van der Waals surface area contributed by atoms with Gasteiger partial charge in [0, 0.05) is 43.8 Å². The Morgan fingerprint density at radius 3 is 1.81 bits per heavy atom. The number of piperazine rings is 1. The third kappa shape index (κ3) is 4.43. The van der Waals surface area contributed by atoms with E-state index in [1.54, 1.807) is 0 Å². The molecule has 2 saturated heterocycles. The van der Waals surface area contributed by atoms with Crippen LogP contribution in [0.5, 0.6) is 0 Å². The largest absolute Gasteiger partial charge is 0.301 e. The van der Waals surface area contributed by atoms with E-state index in [2.05, 4.69) is 56.2 Å². The lowest BCUT2D eigenvalue weighted by atomic mass is 9.94. The lowest BCUT2D eigenvalue weighted by Crippen LogP contribution is -2.59. The van der Waals surface area contributed by atoms with Crippen molar-refractivity contribution in [3.05, 3.63) is 0 Å². The second kappa shape index (κ2) is 7.43. The van der Waals surface area contributed by atoms with Crippen molar-refractivity contribution in [3.63, 3.8) is 0 Å². The van der Waals surface area contributed by atoms with E-state index in [0.29, 0.717) is 18.1 Å². The van der Waals surface area contributed by atoms with Crippen LogP contribution in [-0.4, -0.2) is 71.6 Å². The number of rotatable bonds is 4. The fourth-order valence-corrected chi connectivity index (χ4v) is 4.63. The monoisotopic (exact) mass is 295 g/mol. The molecule has 0 N–H and O–H groups in total. The zero-order chi connectivity index (χ0) is 15.6. The van der Waals surface area contributed by atoms with Crippen molar-refractivity contribution in [1.29, 1.82) is 0 Å². The molecule has 0 amide bonds. The average Bonchev–Trinajstić information content (AvgIpc) is 2.37. The molecule has 2 unspecified atom stereocenters. The van der Waals surface area contributed by atoms with Crippen LogP contribution in [0, 0.1) is 5.92 Å². The first-order valence-electron chi connectivity index (χ1n) is 9.12. The maximum Gasteiger partial charge on any atom is 0.0200 e. The smallest absolute Gasteiger partial charge is 0.0200 e. The molecule has 21 heavy (non-hydrogen) atoms. The normalized spacial score (nSPS) is 31.4. The minimum atomic E-state index is 0.673. The Hall–Kier alpha value is -0.120. The summed E-state index contributed by atoms with van der Waals surface area (Å²) in [6, 6.07) is 2.79. The molecule has 2 aliphatic rings. The van der Waals surface area contributed by atoms with E-state index in [9.17, 15) is 0 Å². The third-order valence-corrected chi connectivity index (χ3v) is 5.55. The van der Waals surface area contributed by atoms with Gasteiger partial charge in [0.2, 0.25) is 0 Å². The van der Waals surface area contributed by atoms with Crippen molar-refractivity contribution in [2.45, 2.75) is 78.6 Å². The molecule has 0 aromatic carbocycles. The number of likely N-dealkylation sites (tertiary alicyclic amines) is 1. The highest BCUT2D eigenvalue weighted by Gasteiger charge is 2.32. The lowest BCUT2D eigenvalue weighted by molar-refractivity contribution is 0.00484. The molecule has 3 heteroatoms. The van der Waals surface area contributed by atoms with Gasteiger partial charge in [-0.3, -0.25) is 9.80 Å². The summed E-state index contributed by atoms with van der Waals surface area (Å²) in [5.74, 6) is 0.921. The van der Waals surface area contributed by atoms with Gasteiger partial charge in [-0.25, -0.2) is 0 Å². The van der Waals surface area contributed by atoms with Crippen molar-refractivity contribution in [1.82, 2.24) is 14.7 Å². The van der Waals surface area contributed by atoms with Gasteiger partial charge < -0.3 is 4.90 Å². The second-order valence-electron chi connectivity index (χ2n) is 8.03. The van der Waals surface area contributed by atoms with Crippen LogP contribution in [0.4, 0.5) is 0 Å². The summed E-state index contributed by atoms with van der Waals surface area (Å²) in [7, 11) is 0. The van der Waals surface area contributed by atoms with Crippen LogP contribution in [0.25, 0.3) is 0 Å². The highest BCUT2D eigenvalue weighted by Crippen LogP contribution is 2.24. The van der Waals surface area contributed by atoms with E-state index in [1.807, 2.05) is 0 Å². The fourth-order valence-electron chi connectivity index (χ4n) is 4.63. The summed E-state index contributed by atoms with van der Waals surface area (Å²) in [4.78, 5) is 8.07. The first-order valence-corrected chi connectivity index (χ1v) is 9.12. The molecular formula is C18H37N3.